The zero-order valence-electron chi connectivity index (χ0n) is 12.4. The molecule has 0 aliphatic rings. The summed E-state index contributed by atoms with van der Waals surface area (Å²) in [5.74, 6) is 0. The van der Waals surface area contributed by atoms with Crippen LogP contribution in [0.5, 0.6) is 0 Å². The van der Waals surface area contributed by atoms with Crippen LogP contribution in [0.4, 0.5) is 0 Å². The molecule has 4 heteroatoms. The molecule has 2 aromatic carbocycles. The smallest absolute Gasteiger partial charge is 0.176 e. The Labute approximate surface area is 131 Å². The van der Waals surface area contributed by atoms with Crippen LogP contribution in [0.3, 0.4) is 0 Å². The molecule has 3 nitrogen and oxygen atoms in total. The predicted molar refractivity (Wildman–Crippen MR) is 89.6 cm³/mol. The van der Waals surface area contributed by atoms with Crippen LogP contribution in [0.25, 0.3) is 10.9 Å². The highest BCUT2D eigenvalue weighted by molar-refractivity contribution is 7.91. The van der Waals surface area contributed by atoms with Gasteiger partial charge in [-0.15, -0.1) is 0 Å². The summed E-state index contributed by atoms with van der Waals surface area (Å²) in [4.78, 5) is 0.375. The minimum atomic E-state index is -3.24. The van der Waals surface area contributed by atoms with Crippen molar-refractivity contribution in [2.24, 2.45) is 0 Å². The summed E-state index contributed by atoms with van der Waals surface area (Å²) in [6.45, 7) is 4.06. The maximum Gasteiger partial charge on any atom is 0.176 e. The summed E-state index contributed by atoms with van der Waals surface area (Å²) in [5.41, 5.74) is 2.08. The molecule has 0 bridgehead atoms. The number of fused-ring (bicyclic) bond motifs is 1. The molecule has 22 heavy (non-hydrogen) atoms. The fourth-order valence-corrected chi connectivity index (χ4v) is 3.79. The van der Waals surface area contributed by atoms with E-state index in [1.54, 1.807) is 12.1 Å². The number of nitrogens with zero attached hydrogens (tertiary/aromatic N) is 1. The van der Waals surface area contributed by atoms with E-state index in [0.29, 0.717) is 11.3 Å². The summed E-state index contributed by atoms with van der Waals surface area (Å²) in [7, 11) is -3.24. The fourth-order valence-electron chi connectivity index (χ4n) is 2.90. The minimum absolute atomic E-state index is 0.0912. The van der Waals surface area contributed by atoms with E-state index >= 15 is 0 Å². The Morgan fingerprint density at radius 1 is 1.05 bits per heavy atom. The Balaban J connectivity index is 2.20. The first-order valence-electron chi connectivity index (χ1n) is 7.16. The van der Waals surface area contributed by atoms with Gasteiger partial charge < -0.3 is 4.57 Å². The van der Waals surface area contributed by atoms with Gasteiger partial charge in [0.25, 0.3) is 0 Å². The van der Waals surface area contributed by atoms with Crippen molar-refractivity contribution < 1.29 is 8.42 Å². The van der Waals surface area contributed by atoms with Gasteiger partial charge in [0.2, 0.25) is 0 Å². The molecular formula is C18H18NO2S. The monoisotopic (exact) mass is 312 g/mol. The molecule has 0 saturated heterocycles. The van der Waals surface area contributed by atoms with Crippen LogP contribution in [0.2, 0.25) is 0 Å². The Morgan fingerprint density at radius 2 is 1.77 bits per heavy atom. The molecule has 1 radical (unpaired) electrons. The number of hydrogen-bond acceptors (Lipinski definition) is 2. The topological polar surface area (TPSA) is 39.1 Å². The van der Waals surface area contributed by atoms with Gasteiger partial charge in [0.05, 0.1) is 10.9 Å². The van der Waals surface area contributed by atoms with Crippen molar-refractivity contribution in [3.63, 3.8) is 0 Å². The van der Waals surface area contributed by atoms with E-state index in [-0.39, 0.29) is 6.04 Å². The Kier molecular flexibility index (Phi) is 3.79. The third-order valence-corrected chi connectivity index (χ3v) is 5.07. The molecule has 1 atom stereocenters. The van der Waals surface area contributed by atoms with E-state index in [1.807, 2.05) is 36.5 Å². The molecule has 0 fully saturated rings. The molecule has 0 N–H and O–H groups in total. The van der Waals surface area contributed by atoms with Gasteiger partial charge >= 0.3 is 0 Å². The lowest BCUT2D eigenvalue weighted by Gasteiger charge is -2.19. The van der Waals surface area contributed by atoms with Gasteiger partial charge in [0.15, 0.2) is 9.84 Å². The van der Waals surface area contributed by atoms with Crippen LogP contribution in [0, 0.1) is 6.92 Å². The maximum absolute atomic E-state index is 11.9. The highest BCUT2D eigenvalue weighted by Gasteiger charge is 2.17. The van der Waals surface area contributed by atoms with Gasteiger partial charge in [0.1, 0.15) is 0 Å². The second-order valence-corrected chi connectivity index (χ2v) is 7.38. The van der Waals surface area contributed by atoms with Crippen molar-refractivity contribution in [3.8, 4) is 0 Å². The summed E-state index contributed by atoms with van der Waals surface area (Å²) >= 11 is 0. The van der Waals surface area contributed by atoms with E-state index in [1.165, 1.54) is 11.8 Å². The van der Waals surface area contributed by atoms with Crippen molar-refractivity contribution in [1.82, 2.24) is 4.57 Å². The van der Waals surface area contributed by atoms with Crippen molar-refractivity contribution in [2.45, 2.75) is 17.4 Å². The standard InChI is InChI=1S/C18H18NO2S/c1-3-16(14-8-5-4-6-9-14)19-13-12-15-17(19)10-7-11-18(15)22(2,20)21/h4-13,16H,1,3H2,2H3. The molecule has 113 valence electrons. The summed E-state index contributed by atoms with van der Waals surface area (Å²) in [5, 5.41) is 0.763. The van der Waals surface area contributed by atoms with E-state index in [0.717, 1.165) is 10.9 Å². The largest absolute Gasteiger partial charge is 0.340 e. The molecule has 3 aromatic rings. The lowest BCUT2D eigenvalue weighted by Crippen LogP contribution is -2.08. The lowest BCUT2D eigenvalue weighted by atomic mass is 10.0. The van der Waals surface area contributed by atoms with Gasteiger partial charge in [-0.2, -0.15) is 0 Å². The Morgan fingerprint density at radius 3 is 2.41 bits per heavy atom. The van der Waals surface area contributed by atoms with Crippen molar-refractivity contribution >= 4 is 20.7 Å². The van der Waals surface area contributed by atoms with Crippen LogP contribution in [0.15, 0.2) is 65.7 Å². The highest BCUT2D eigenvalue weighted by atomic mass is 32.2. The Hall–Kier alpha value is -2.07. The maximum atomic E-state index is 11.9. The summed E-state index contributed by atoms with van der Waals surface area (Å²) < 4.78 is 26.0. The highest BCUT2D eigenvalue weighted by Crippen LogP contribution is 2.30. The van der Waals surface area contributed by atoms with Crippen LogP contribution in [-0.2, 0) is 9.84 Å². The quantitative estimate of drug-likeness (QED) is 0.734. The van der Waals surface area contributed by atoms with Crippen molar-refractivity contribution in [3.05, 3.63) is 73.3 Å². The number of benzene rings is 2. The van der Waals surface area contributed by atoms with Gasteiger partial charge in [0, 0.05) is 23.4 Å². The van der Waals surface area contributed by atoms with Crippen molar-refractivity contribution in [1.29, 1.82) is 0 Å². The zero-order chi connectivity index (χ0) is 15.7. The van der Waals surface area contributed by atoms with E-state index in [4.69, 9.17) is 0 Å². The van der Waals surface area contributed by atoms with Gasteiger partial charge in [-0.25, -0.2) is 8.42 Å². The first kappa shape index (κ1) is 14.9. The zero-order valence-corrected chi connectivity index (χ0v) is 13.3. The lowest BCUT2D eigenvalue weighted by molar-refractivity contribution is 0.602. The summed E-state index contributed by atoms with van der Waals surface area (Å²) in [6, 6.07) is 17.5. The third-order valence-electron chi connectivity index (χ3n) is 3.92. The molecule has 0 spiro atoms. The minimum Gasteiger partial charge on any atom is -0.340 e. The van der Waals surface area contributed by atoms with Crippen molar-refractivity contribution in [2.75, 3.05) is 6.26 Å². The van der Waals surface area contributed by atoms with E-state index in [2.05, 4.69) is 23.6 Å². The predicted octanol–water partition coefficient (Wildman–Crippen LogP) is 3.86. The molecular weight excluding hydrogens is 294 g/mol. The summed E-state index contributed by atoms with van der Waals surface area (Å²) in [6.07, 6.45) is 3.88. The number of rotatable bonds is 4. The first-order valence-corrected chi connectivity index (χ1v) is 9.05. The molecule has 0 amide bonds. The molecule has 1 unspecified atom stereocenters. The molecule has 3 rings (SSSR count). The molecule has 1 aromatic heterocycles. The number of aromatic nitrogens is 1. The molecule has 0 saturated carbocycles. The van der Waals surface area contributed by atoms with Crippen LogP contribution in [-0.4, -0.2) is 19.2 Å². The second-order valence-electron chi connectivity index (χ2n) is 5.40. The molecule has 0 aliphatic heterocycles. The van der Waals surface area contributed by atoms with Crippen LogP contribution >= 0.6 is 0 Å². The number of sulfone groups is 1. The number of hydrogen-bond donors (Lipinski definition) is 0. The molecule has 1 heterocycles. The van der Waals surface area contributed by atoms with Gasteiger partial charge in [-0.3, -0.25) is 0 Å². The van der Waals surface area contributed by atoms with E-state index < -0.39 is 9.84 Å². The fraction of sp³-hybridized carbons (Fsp3) is 0.167. The van der Waals surface area contributed by atoms with Crippen LogP contribution < -0.4 is 0 Å². The average Bonchev–Trinajstić information content (AvgIpc) is 2.92. The second kappa shape index (κ2) is 5.61. The Bertz CT molecular complexity index is 895. The van der Waals surface area contributed by atoms with Gasteiger partial charge in [-0.05, 0) is 30.2 Å². The SMILES string of the molecule is [CH2]CC(c1ccccc1)n1ccc2c(S(C)(=O)=O)cccc21. The molecule has 0 aliphatic carbocycles. The third kappa shape index (κ3) is 2.55. The van der Waals surface area contributed by atoms with Crippen LogP contribution in [0.1, 0.15) is 18.0 Å². The first-order chi connectivity index (χ1) is 10.5. The normalized spacial score (nSPS) is 13.4. The average molecular weight is 312 g/mol. The van der Waals surface area contributed by atoms with E-state index in [9.17, 15) is 8.42 Å². The van der Waals surface area contributed by atoms with Gasteiger partial charge in [-0.1, -0.05) is 43.3 Å².